The molecule has 0 amide bonds. The van der Waals surface area contributed by atoms with Crippen molar-refractivity contribution in [2.45, 2.75) is 13.8 Å². The van der Waals surface area contributed by atoms with E-state index >= 15 is 0 Å². The van der Waals surface area contributed by atoms with Gasteiger partial charge in [0, 0.05) is 31.7 Å². The molecule has 9 heteroatoms. The number of pyridine rings is 1. The molecule has 0 aromatic carbocycles. The predicted molar refractivity (Wildman–Crippen MR) is 78.9 cm³/mol. The summed E-state index contributed by atoms with van der Waals surface area (Å²) >= 11 is 0. The van der Waals surface area contributed by atoms with E-state index in [0.717, 1.165) is 0 Å². The molecule has 0 spiro atoms. The average Bonchev–Trinajstić information content (AvgIpc) is 2.47. The molecular formula is C12H18N4O4S. The largest absolute Gasteiger partial charge is 0.354 e. The second-order valence-corrected chi connectivity index (χ2v) is 7.13. The summed E-state index contributed by atoms with van der Waals surface area (Å²) in [6.07, 6.45) is 1.25. The molecule has 0 atom stereocenters. The summed E-state index contributed by atoms with van der Waals surface area (Å²) in [5.74, 6) is 0.744. The van der Waals surface area contributed by atoms with Gasteiger partial charge in [0.15, 0.2) is 0 Å². The number of nitro groups is 1. The molecule has 1 saturated heterocycles. The van der Waals surface area contributed by atoms with Gasteiger partial charge in [0.2, 0.25) is 10.0 Å². The highest BCUT2D eigenvalue weighted by Crippen LogP contribution is 2.22. The predicted octanol–water partition coefficient (Wildman–Crippen LogP) is 0.770. The molecule has 0 saturated carbocycles. The lowest BCUT2D eigenvalue weighted by molar-refractivity contribution is -0.385. The number of nitrogens with zero attached hydrogens (tertiary/aromatic N) is 4. The van der Waals surface area contributed by atoms with E-state index in [9.17, 15) is 18.5 Å². The van der Waals surface area contributed by atoms with Crippen LogP contribution in [0.25, 0.3) is 0 Å². The Balaban J connectivity index is 2.09. The third-order valence-electron chi connectivity index (χ3n) is 3.59. The molecule has 2 rings (SSSR count). The van der Waals surface area contributed by atoms with Crippen LogP contribution in [-0.4, -0.2) is 54.6 Å². The summed E-state index contributed by atoms with van der Waals surface area (Å²) < 4.78 is 25.1. The van der Waals surface area contributed by atoms with Crippen molar-refractivity contribution in [2.24, 2.45) is 0 Å². The van der Waals surface area contributed by atoms with E-state index in [2.05, 4.69) is 4.98 Å². The van der Waals surface area contributed by atoms with Gasteiger partial charge in [0.1, 0.15) is 12.0 Å². The zero-order valence-corrected chi connectivity index (χ0v) is 12.8. The number of hydrogen-bond acceptors (Lipinski definition) is 6. The number of aromatic nitrogens is 1. The van der Waals surface area contributed by atoms with Gasteiger partial charge >= 0.3 is 0 Å². The highest BCUT2D eigenvalue weighted by atomic mass is 32.2. The van der Waals surface area contributed by atoms with Crippen molar-refractivity contribution in [1.29, 1.82) is 0 Å². The van der Waals surface area contributed by atoms with Gasteiger partial charge in [0.25, 0.3) is 5.69 Å². The zero-order chi connectivity index (χ0) is 15.6. The Labute approximate surface area is 123 Å². The van der Waals surface area contributed by atoms with E-state index in [0.29, 0.717) is 37.6 Å². The summed E-state index contributed by atoms with van der Waals surface area (Å²) in [4.78, 5) is 16.4. The monoisotopic (exact) mass is 314 g/mol. The van der Waals surface area contributed by atoms with Crippen molar-refractivity contribution in [2.75, 3.05) is 36.8 Å². The Morgan fingerprint density at radius 3 is 2.43 bits per heavy atom. The summed E-state index contributed by atoms with van der Waals surface area (Å²) in [6, 6.07) is 1.67. The first-order valence-corrected chi connectivity index (χ1v) is 8.30. The van der Waals surface area contributed by atoms with Gasteiger partial charge in [0.05, 0.1) is 10.7 Å². The Bertz CT molecular complexity index is 639. The highest BCUT2D eigenvalue weighted by molar-refractivity contribution is 7.89. The third-order valence-corrected chi connectivity index (χ3v) is 5.47. The molecule has 2 heterocycles. The van der Waals surface area contributed by atoms with Crippen LogP contribution >= 0.6 is 0 Å². The molecule has 1 aromatic heterocycles. The topological polar surface area (TPSA) is 96.7 Å². The zero-order valence-electron chi connectivity index (χ0n) is 12.0. The molecule has 0 radical (unpaired) electrons. The Morgan fingerprint density at radius 1 is 1.33 bits per heavy atom. The minimum Gasteiger partial charge on any atom is -0.354 e. The van der Waals surface area contributed by atoms with Crippen molar-refractivity contribution < 1.29 is 13.3 Å². The van der Waals surface area contributed by atoms with Crippen LogP contribution in [0.3, 0.4) is 0 Å². The van der Waals surface area contributed by atoms with Crippen LogP contribution < -0.4 is 4.90 Å². The van der Waals surface area contributed by atoms with Crippen molar-refractivity contribution >= 4 is 21.5 Å². The maximum absolute atomic E-state index is 11.8. The molecule has 1 aliphatic heterocycles. The molecule has 0 N–H and O–H groups in total. The normalized spacial score (nSPS) is 17.0. The van der Waals surface area contributed by atoms with Crippen molar-refractivity contribution in [1.82, 2.24) is 9.29 Å². The first-order chi connectivity index (χ1) is 9.85. The van der Waals surface area contributed by atoms with E-state index in [1.165, 1.54) is 10.5 Å². The number of sulfonamides is 1. The summed E-state index contributed by atoms with van der Waals surface area (Å²) in [5.41, 5.74) is 0.541. The number of piperazine rings is 1. The summed E-state index contributed by atoms with van der Waals surface area (Å²) in [7, 11) is -3.16. The SMILES string of the molecule is CCS(=O)(=O)N1CCN(c2cc(C)c([N+](=O)[O-])cn2)CC1. The lowest BCUT2D eigenvalue weighted by Gasteiger charge is -2.34. The summed E-state index contributed by atoms with van der Waals surface area (Å²) in [6.45, 7) is 5.18. The van der Waals surface area contributed by atoms with Crippen LogP contribution in [0.5, 0.6) is 0 Å². The molecule has 1 fully saturated rings. The maximum Gasteiger partial charge on any atom is 0.290 e. The van der Waals surface area contributed by atoms with Gasteiger partial charge < -0.3 is 4.90 Å². The molecule has 21 heavy (non-hydrogen) atoms. The lowest BCUT2D eigenvalue weighted by Crippen LogP contribution is -2.49. The van der Waals surface area contributed by atoms with Gasteiger partial charge in [-0.3, -0.25) is 10.1 Å². The molecule has 1 aromatic rings. The number of rotatable bonds is 4. The third kappa shape index (κ3) is 3.30. The van der Waals surface area contributed by atoms with Crippen LogP contribution in [-0.2, 0) is 10.0 Å². The van der Waals surface area contributed by atoms with E-state index in [1.54, 1.807) is 19.9 Å². The Morgan fingerprint density at radius 2 is 1.95 bits per heavy atom. The first-order valence-electron chi connectivity index (χ1n) is 6.69. The minimum absolute atomic E-state index is 0.00838. The molecule has 0 bridgehead atoms. The smallest absolute Gasteiger partial charge is 0.290 e. The van der Waals surface area contributed by atoms with E-state index in [1.807, 2.05) is 4.90 Å². The van der Waals surface area contributed by atoms with E-state index in [-0.39, 0.29) is 11.4 Å². The van der Waals surface area contributed by atoms with Gasteiger partial charge in [-0.15, -0.1) is 0 Å². The molecule has 8 nitrogen and oxygen atoms in total. The van der Waals surface area contributed by atoms with Crippen molar-refractivity contribution in [3.05, 3.63) is 27.9 Å². The van der Waals surface area contributed by atoms with Gasteiger partial charge in [-0.2, -0.15) is 4.31 Å². The molecular weight excluding hydrogens is 296 g/mol. The lowest BCUT2D eigenvalue weighted by atomic mass is 10.2. The Hall–Kier alpha value is -1.74. The van der Waals surface area contributed by atoms with Crippen LogP contribution in [0.4, 0.5) is 11.5 Å². The molecule has 1 aliphatic rings. The maximum atomic E-state index is 11.8. The van der Waals surface area contributed by atoms with Crippen LogP contribution in [0.15, 0.2) is 12.3 Å². The van der Waals surface area contributed by atoms with Crippen molar-refractivity contribution in [3.63, 3.8) is 0 Å². The Kier molecular flexibility index (Phi) is 4.43. The number of aryl methyl sites for hydroxylation is 1. The van der Waals surface area contributed by atoms with Gasteiger partial charge in [-0.25, -0.2) is 13.4 Å². The second kappa shape index (κ2) is 5.94. The fourth-order valence-corrected chi connectivity index (χ4v) is 3.36. The van der Waals surface area contributed by atoms with Crippen LogP contribution in [0, 0.1) is 17.0 Å². The minimum atomic E-state index is -3.16. The molecule has 0 unspecified atom stereocenters. The molecule has 0 aliphatic carbocycles. The van der Waals surface area contributed by atoms with E-state index in [4.69, 9.17) is 0 Å². The van der Waals surface area contributed by atoms with E-state index < -0.39 is 14.9 Å². The summed E-state index contributed by atoms with van der Waals surface area (Å²) in [5, 5.41) is 10.8. The number of hydrogen-bond donors (Lipinski definition) is 0. The molecule has 116 valence electrons. The standard InChI is InChI=1S/C12H18N4O4S/c1-3-21(19,20)15-6-4-14(5-7-15)12-8-10(2)11(9-13-12)16(17)18/h8-9H,3-7H2,1-2H3. The second-order valence-electron chi connectivity index (χ2n) is 4.87. The first kappa shape index (κ1) is 15.6. The van der Waals surface area contributed by atoms with Crippen LogP contribution in [0.2, 0.25) is 0 Å². The van der Waals surface area contributed by atoms with Crippen LogP contribution in [0.1, 0.15) is 12.5 Å². The van der Waals surface area contributed by atoms with Gasteiger partial charge in [-0.05, 0) is 19.9 Å². The van der Waals surface area contributed by atoms with Gasteiger partial charge in [-0.1, -0.05) is 0 Å². The average molecular weight is 314 g/mol. The highest BCUT2D eigenvalue weighted by Gasteiger charge is 2.26. The number of anilines is 1. The van der Waals surface area contributed by atoms with Crippen molar-refractivity contribution in [3.8, 4) is 0 Å². The quantitative estimate of drug-likeness (QED) is 0.601. The fourth-order valence-electron chi connectivity index (χ4n) is 2.28. The fraction of sp³-hybridized carbons (Fsp3) is 0.583.